The number of carbonyl (C=O) groups excluding carboxylic acids is 2. The monoisotopic (exact) mass is 567 g/mol. The van der Waals surface area contributed by atoms with E-state index in [9.17, 15) is 19.5 Å². The summed E-state index contributed by atoms with van der Waals surface area (Å²) in [7, 11) is 1.65. The van der Waals surface area contributed by atoms with Crippen LogP contribution in [0.4, 0.5) is 22.9 Å². The van der Waals surface area contributed by atoms with E-state index in [1.807, 2.05) is 49.4 Å². The summed E-state index contributed by atoms with van der Waals surface area (Å²) in [5, 5.41) is 18.7. The van der Waals surface area contributed by atoms with Gasteiger partial charge in [0, 0.05) is 41.4 Å². The predicted octanol–water partition coefficient (Wildman–Crippen LogP) is 5.80. The van der Waals surface area contributed by atoms with Gasteiger partial charge in [0.15, 0.2) is 5.82 Å². The van der Waals surface area contributed by atoms with Crippen LogP contribution in [0.15, 0.2) is 77.7 Å². The summed E-state index contributed by atoms with van der Waals surface area (Å²) in [6.07, 6.45) is 4.55. The van der Waals surface area contributed by atoms with E-state index in [1.54, 1.807) is 37.5 Å². The van der Waals surface area contributed by atoms with Crippen LogP contribution in [0, 0.1) is 6.92 Å². The summed E-state index contributed by atoms with van der Waals surface area (Å²) in [5.74, 6) is -0.628. The average Bonchev–Trinajstić information content (AvgIpc) is 2.95. The first kappa shape index (κ1) is 30.2. The molecule has 0 fully saturated rings. The maximum Gasteiger partial charge on any atom is 0.293 e. The third-order valence-corrected chi connectivity index (χ3v) is 6.93. The number of amides is 2. The molecule has 9 nitrogen and oxygen atoms in total. The number of hydrogen-bond donors (Lipinski definition) is 4. The van der Waals surface area contributed by atoms with E-state index >= 15 is 0 Å². The highest BCUT2D eigenvalue weighted by Gasteiger charge is 2.23. The Morgan fingerprint density at radius 2 is 1.69 bits per heavy atom. The van der Waals surface area contributed by atoms with Crippen molar-refractivity contribution in [3.8, 4) is 11.3 Å². The maximum atomic E-state index is 13.3. The molecule has 1 aromatic heterocycles. The van der Waals surface area contributed by atoms with Gasteiger partial charge in [0.1, 0.15) is 5.60 Å². The molecule has 3 aromatic carbocycles. The number of aryl methyl sites for hydroxylation is 2. The Hall–Kier alpha value is -4.76. The van der Waals surface area contributed by atoms with Crippen LogP contribution in [0.2, 0.25) is 0 Å². The van der Waals surface area contributed by atoms with Crippen molar-refractivity contribution in [2.75, 3.05) is 16.0 Å². The van der Waals surface area contributed by atoms with Crippen molar-refractivity contribution >= 4 is 34.7 Å². The molecule has 0 atom stereocenters. The van der Waals surface area contributed by atoms with E-state index in [0.29, 0.717) is 28.3 Å². The molecule has 0 aliphatic heterocycles. The fourth-order valence-corrected chi connectivity index (χ4v) is 4.48. The number of aliphatic hydroxyl groups is 1. The minimum absolute atomic E-state index is 0.0969. The van der Waals surface area contributed by atoms with Gasteiger partial charge in [0.25, 0.3) is 17.4 Å². The summed E-state index contributed by atoms with van der Waals surface area (Å²) in [6, 6.07) is 20.0. The largest absolute Gasteiger partial charge is 0.381 e. The van der Waals surface area contributed by atoms with Crippen LogP contribution in [-0.4, -0.2) is 32.1 Å². The van der Waals surface area contributed by atoms with E-state index in [0.717, 1.165) is 36.0 Å². The van der Waals surface area contributed by atoms with Gasteiger partial charge in [-0.15, -0.1) is 0 Å². The number of hydrogen-bond acceptors (Lipinski definition) is 6. The summed E-state index contributed by atoms with van der Waals surface area (Å²) in [4.78, 5) is 43.1. The number of aromatic nitrogens is 2. The third kappa shape index (κ3) is 7.11. The first-order chi connectivity index (χ1) is 20.0. The second kappa shape index (κ2) is 12.8. The Labute approximate surface area is 245 Å². The van der Waals surface area contributed by atoms with E-state index in [1.165, 1.54) is 18.4 Å². The fourth-order valence-electron chi connectivity index (χ4n) is 4.48. The van der Waals surface area contributed by atoms with Crippen molar-refractivity contribution in [1.29, 1.82) is 0 Å². The molecule has 1 heterocycles. The van der Waals surface area contributed by atoms with Gasteiger partial charge in [0.2, 0.25) is 0 Å². The SMILES string of the molecule is CCCCc1ccccc1C(=O)Nc1cccc(-c2cn(C)c(=O)c(Nc3cccc(NC(=O)C(C)(C)O)c3)n2)c1C. The Morgan fingerprint density at radius 3 is 2.43 bits per heavy atom. The molecule has 0 bridgehead atoms. The zero-order valence-electron chi connectivity index (χ0n) is 24.6. The molecule has 0 radical (unpaired) electrons. The van der Waals surface area contributed by atoms with Crippen LogP contribution in [0.25, 0.3) is 11.3 Å². The average molecular weight is 568 g/mol. The minimum Gasteiger partial charge on any atom is -0.381 e. The highest BCUT2D eigenvalue weighted by atomic mass is 16.3. The van der Waals surface area contributed by atoms with Crippen LogP contribution in [-0.2, 0) is 18.3 Å². The predicted molar refractivity (Wildman–Crippen MR) is 167 cm³/mol. The highest BCUT2D eigenvalue weighted by Crippen LogP contribution is 2.29. The zero-order chi connectivity index (χ0) is 30.4. The maximum absolute atomic E-state index is 13.3. The Morgan fingerprint density at radius 1 is 0.976 bits per heavy atom. The molecular formula is C33H37N5O4. The van der Waals surface area contributed by atoms with Gasteiger partial charge >= 0.3 is 0 Å². The lowest BCUT2D eigenvalue weighted by Crippen LogP contribution is -2.36. The van der Waals surface area contributed by atoms with Crippen LogP contribution >= 0.6 is 0 Å². The first-order valence-corrected chi connectivity index (χ1v) is 14.0. The van der Waals surface area contributed by atoms with Crippen molar-refractivity contribution in [3.63, 3.8) is 0 Å². The van der Waals surface area contributed by atoms with Gasteiger partial charge in [-0.3, -0.25) is 14.4 Å². The number of anilines is 4. The molecule has 0 unspecified atom stereocenters. The molecule has 0 aliphatic carbocycles. The van der Waals surface area contributed by atoms with Crippen LogP contribution in [0.5, 0.6) is 0 Å². The lowest BCUT2D eigenvalue weighted by molar-refractivity contribution is -0.130. The number of nitrogens with one attached hydrogen (secondary N) is 3. The number of nitrogens with zero attached hydrogens (tertiary/aromatic N) is 2. The Bertz CT molecular complexity index is 1670. The molecule has 4 aromatic rings. The standard InChI is InChI=1S/C33H37N5O4/c1-6-7-12-22-13-8-9-16-26(22)30(39)37-27-18-11-17-25(21(27)2)28-20-38(5)31(40)29(36-28)34-23-14-10-15-24(19-23)35-32(41)33(3,4)42/h8-11,13-20,42H,6-7,12H2,1-5H3,(H,34,36)(H,35,41)(H,37,39). The van der Waals surface area contributed by atoms with Crippen molar-refractivity contribution in [2.24, 2.45) is 7.05 Å². The van der Waals surface area contributed by atoms with E-state index < -0.39 is 11.5 Å². The zero-order valence-corrected chi connectivity index (χ0v) is 24.6. The van der Waals surface area contributed by atoms with Gasteiger partial charge in [-0.2, -0.15) is 0 Å². The van der Waals surface area contributed by atoms with E-state index in [4.69, 9.17) is 0 Å². The van der Waals surface area contributed by atoms with Gasteiger partial charge in [0.05, 0.1) is 5.69 Å². The van der Waals surface area contributed by atoms with Gasteiger partial charge in [-0.05, 0) is 75.1 Å². The number of carbonyl (C=O) groups is 2. The molecule has 0 aliphatic rings. The van der Waals surface area contributed by atoms with Crippen LogP contribution < -0.4 is 21.5 Å². The first-order valence-electron chi connectivity index (χ1n) is 14.0. The molecule has 42 heavy (non-hydrogen) atoms. The number of rotatable bonds is 10. The topological polar surface area (TPSA) is 125 Å². The van der Waals surface area contributed by atoms with Crippen LogP contribution in [0.1, 0.15) is 55.1 Å². The highest BCUT2D eigenvalue weighted by molar-refractivity contribution is 6.06. The number of benzene rings is 3. The second-order valence-corrected chi connectivity index (χ2v) is 10.8. The molecule has 2 amide bonds. The Kier molecular flexibility index (Phi) is 9.22. The summed E-state index contributed by atoms with van der Waals surface area (Å²) in [6.45, 7) is 6.84. The minimum atomic E-state index is -1.54. The van der Waals surface area contributed by atoms with Crippen molar-refractivity contribution in [3.05, 3.63) is 100.0 Å². The molecule has 0 spiro atoms. The lowest BCUT2D eigenvalue weighted by atomic mass is 10.0. The van der Waals surface area contributed by atoms with Crippen LogP contribution in [0.3, 0.4) is 0 Å². The van der Waals surface area contributed by atoms with Crippen molar-refractivity contribution < 1.29 is 14.7 Å². The molecule has 4 N–H and O–H groups in total. The molecule has 9 heteroatoms. The molecule has 4 rings (SSSR count). The smallest absolute Gasteiger partial charge is 0.293 e. The molecule has 0 saturated heterocycles. The van der Waals surface area contributed by atoms with Crippen molar-refractivity contribution in [2.45, 2.75) is 52.6 Å². The summed E-state index contributed by atoms with van der Waals surface area (Å²) >= 11 is 0. The summed E-state index contributed by atoms with van der Waals surface area (Å²) < 4.78 is 1.44. The normalized spacial score (nSPS) is 11.2. The molecule has 0 saturated carbocycles. The molecular weight excluding hydrogens is 530 g/mol. The van der Waals surface area contributed by atoms with Gasteiger partial charge in [-0.25, -0.2) is 4.98 Å². The lowest BCUT2D eigenvalue weighted by Gasteiger charge is -2.17. The Balaban J connectivity index is 1.62. The molecule has 218 valence electrons. The number of unbranched alkanes of at least 4 members (excludes halogenated alkanes) is 1. The summed E-state index contributed by atoms with van der Waals surface area (Å²) in [5.41, 5.74) is 3.55. The van der Waals surface area contributed by atoms with Crippen molar-refractivity contribution in [1.82, 2.24) is 9.55 Å². The third-order valence-electron chi connectivity index (χ3n) is 6.93. The second-order valence-electron chi connectivity index (χ2n) is 10.8. The quantitative estimate of drug-likeness (QED) is 0.192. The van der Waals surface area contributed by atoms with Gasteiger partial charge < -0.3 is 25.6 Å². The van der Waals surface area contributed by atoms with E-state index in [2.05, 4.69) is 27.9 Å². The van der Waals surface area contributed by atoms with Gasteiger partial charge in [-0.1, -0.05) is 49.7 Å². The fraction of sp³-hybridized carbons (Fsp3) is 0.273. The van der Waals surface area contributed by atoms with E-state index in [-0.39, 0.29) is 17.3 Å².